The predicted molar refractivity (Wildman–Crippen MR) is 140 cm³/mol. The van der Waals surface area contributed by atoms with Crippen LogP contribution in [-0.4, -0.2) is 48.7 Å². The van der Waals surface area contributed by atoms with Crippen molar-refractivity contribution in [2.75, 3.05) is 44.4 Å². The van der Waals surface area contributed by atoms with Gasteiger partial charge in [0.05, 0.1) is 22.4 Å². The molecule has 1 aliphatic rings. The number of para-hydroxylation sites is 1. The van der Waals surface area contributed by atoms with E-state index in [1.54, 1.807) is 0 Å². The van der Waals surface area contributed by atoms with Crippen LogP contribution in [-0.2, 0) is 6.54 Å². The van der Waals surface area contributed by atoms with Crippen LogP contribution in [0.4, 0.5) is 17.1 Å². The molecule has 0 atom stereocenters. The molecule has 2 N–H and O–H groups in total. The molecule has 3 aromatic rings. The summed E-state index contributed by atoms with van der Waals surface area (Å²) < 4.78 is 1.97. The van der Waals surface area contributed by atoms with Gasteiger partial charge >= 0.3 is 5.69 Å². The van der Waals surface area contributed by atoms with Crippen LogP contribution in [0.1, 0.15) is 44.1 Å². The van der Waals surface area contributed by atoms with E-state index in [4.69, 9.17) is 0 Å². The maximum absolute atomic E-state index is 12.9. The van der Waals surface area contributed by atoms with Gasteiger partial charge in [-0.05, 0) is 76.5 Å². The summed E-state index contributed by atoms with van der Waals surface area (Å²) >= 11 is 0. The number of aromatic nitrogens is 2. The second kappa shape index (κ2) is 10.5. The highest BCUT2D eigenvalue weighted by atomic mass is 16.1. The molecule has 1 heterocycles. The molecule has 0 amide bonds. The average molecular weight is 450 g/mol. The number of imidazole rings is 1. The Morgan fingerprint density at radius 3 is 2.52 bits per heavy atom. The van der Waals surface area contributed by atoms with Crippen molar-refractivity contribution < 1.29 is 0 Å². The Labute approximate surface area is 197 Å². The smallest absolute Gasteiger partial charge is 0.326 e. The summed E-state index contributed by atoms with van der Waals surface area (Å²) in [7, 11) is 6.37. The second-order valence-corrected chi connectivity index (χ2v) is 9.95. The lowest BCUT2D eigenvalue weighted by atomic mass is 9.89. The fourth-order valence-corrected chi connectivity index (χ4v) is 5.02. The van der Waals surface area contributed by atoms with Crippen LogP contribution in [0.5, 0.6) is 0 Å². The van der Waals surface area contributed by atoms with E-state index >= 15 is 0 Å². The number of rotatable bonds is 9. The first-order valence-electron chi connectivity index (χ1n) is 12.4. The third-order valence-electron chi connectivity index (χ3n) is 6.98. The Morgan fingerprint density at radius 1 is 1.03 bits per heavy atom. The molecule has 0 bridgehead atoms. The van der Waals surface area contributed by atoms with E-state index in [9.17, 15) is 4.79 Å². The van der Waals surface area contributed by atoms with Crippen molar-refractivity contribution >= 4 is 28.1 Å². The van der Waals surface area contributed by atoms with Crippen LogP contribution in [0.25, 0.3) is 11.0 Å². The van der Waals surface area contributed by atoms with Crippen LogP contribution >= 0.6 is 0 Å². The van der Waals surface area contributed by atoms with Crippen molar-refractivity contribution in [1.82, 2.24) is 14.5 Å². The van der Waals surface area contributed by atoms with Gasteiger partial charge in [-0.1, -0.05) is 37.5 Å². The summed E-state index contributed by atoms with van der Waals surface area (Å²) in [4.78, 5) is 20.6. The summed E-state index contributed by atoms with van der Waals surface area (Å²) in [6, 6.07) is 12.6. The van der Waals surface area contributed by atoms with Crippen LogP contribution in [0, 0.1) is 12.8 Å². The molecule has 2 aromatic carbocycles. The first-order valence-corrected chi connectivity index (χ1v) is 12.4. The van der Waals surface area contributed by atoms with Crippen LogP contribution in [0.15, 0.2) is 41.2 Å². The van der Waals surface area contributed by atoms with Crippen LogP contribution in [0.3, 0.4) is 0 Å². The molecule has 1 saturated carbocycles. The normalized spacial score (nSPS) is 14.8. The first kappa shape index (κ1) is 23.4. The third kappa shape index (κ3) is 5.61. The van der Waals surface area contributed by atoms with Crippen LogP contribution < -0.4 is 15.9 Å². The molecule has 0 unspecified atom stereocenters. The highest BCUT2D eigenvalue weighted by Gasteiger charge is 2.19. The number of fused-ring (bicyclic) bond motifs is 1. The highest BCUT2D eigenvalue weighted by Crippen LogP contribution is 2.34. The lowest BCUT2D eigenvalue weighted by molar-refractivity contribution is 0.319. The Hall–Kier alpha value is -2.73. The minimum absolute atomic E-state index is 0.00447. The number of nitrogens with one attached hydrogen (secondary N) is 2. The first-order chi connectivity index (χ1) is 15.9. The van der Waals surface area contributed by atoms with E-state index in [0.717, 1.165) is 54.2 Å². The van der Waals surface area contributed by atoms with E-state index in [1.807, 2.05) is 4.57 Å². The van der Waals surface area contributed by atoms with Crippen molar-refractivity contribution in [2.45, 2.75) is 52.0 Å². The molecular formula is C27H39N5O. The Morgan fingerprint density at radius 2 is 1.79 bits per heavy atom. The van der Waals surface area contributed by atoms with Gasteiger partial charge in [-0.2, -0.15) is 0 Å². The second-order valence-electron chi connectivity index (χ2n) is 9.95. The molecule has 0 aliphatic heterocycles. The molecule has 0 saturated heterocycles. The van der Waals surface area contributed by atoms with Crippen molar-refractivity contribution in [3.63, 3.8) is 0 Å². The summed E-state index contributed by atoms with van der Waals surface area (Å²) in [6.07, 6.45) is 7.42. The topological polar surface area (TPSA) is 56.3 Å². The number of aryl methyl sites for hydroxylation is 1. The van der Waals surface area contributed by atoms with Gasteiger partial charge in [0.2, 0.25) is 0 Å². The lowest BCUT2D eigenvalue weighted by Crippen LogP contribution is -2.24. The van der Waals surface area contributed by atoms with E-state index in [-0.39, 0.29) is 5.69 Å². The van der Waals surface area contributed by atoms with Gasteiger partial charge in [-0.3, -0.25) is 4.57 Å². The number of nitrogens with zero attached hydrogens (tertiary/aromatic N) is 3. The molecule has 4 rings (SSSR count). The molecule has 33 heavy (non-hydrogen) atoms. The molecule has 0 spiro atoms. The van der Waals surface area contributed by atoms with Gasteiger partial charge in [0, 0.05) is 25.8 Å². The zero-order valence-electron chi connectivity index (χ0n) is 20.7. The Balaban J connectivity index is 1.71. The monoisotopic (exact) mass is 449 g/mol. The highest BCUT2D eigenvalue weighted by molar-refractivity contribution is 5.90. The van der Waals surface area contributed by atoms with Crippen LogP contribution in [0.2, 0.25) is 0 Å². The van der Waals surface area contributed by atoms with E-state index in [1.165, 1.54) is 37.7 Å². The van der Waals surface area contributed by atoms with Crippen molar-refractivity contribution in [3.05, 3.63) is 52.4 Å². The molecule has 1 aromatic heterocycles. The zero-order valence-corrected chi connectivity index (χ0v) is 20.7. The van der Waals surface area contributed by atoms with Crippen molar-refractivity contribution in [1.29, 1.82) is 0 Å². The number of benzene rings is 2. The molecule has 178 valence electrons. The summed E-state index contributed by atoms with van der Waals surface area (Å²) in [6.45, 7) is 4.92. The molecule has 0 radical (unpaired) electrons. The minimum atomic E-state index is 0.00447. The largest absolute Gasteiger partial charge is 0.373 e. The summed E-state index contributed by atoms with van der Waals surface area (Å²) in [5.74, 6) is 0.599. The van der Waals surface area contributed by atoms with Gasteiger partial charge < -0.3 is 20.1 Å². The number of hydrogen-bond acceptors (Lipinski definition) is 4. The minimum Gasteiger partial charge on any atom is -0.373 e. The van der Waals surface area contributed by atoms with Crippen molar-refractivity contribution in [3.8, 4) is 0 Å². The Bertz CT molecular complexity index is 1120. The average Bonchev–Trinajstić information content (AvgIpc) is 3.09. The number of aromatic amines is 1. The standard InChI is InChI=1S/C27H39N5O/c1-20-11-8-9-14-22(20)28-23-17-24-26(18-25(23)31(4)16-10-15-30(2)3)32(27(33)29-24)19-21-12-6-5-7-13-21/h8-9,11,14,17-18,21,28H,5-7,10,12-13,15-16,19H2,1-4H3,(H,29,33). The third-order valence-corrected chi connectivity index (χ3v) is 6.98. The molecule has 1 fully saturated rings. The predicted octanol–water partition coefficient (Wildman–Crippen LogP) is 5.35. The Kier molecular flexibility index (Phi) is 7.43. The van der Waals surface area contributed by atoms with Gasteiger partial charge in [0.15, 0.2) is 0 Å². The van der Waals surface area contributed by atoms with Gasteiger partial charge in [-0.15, -0.1) is 0 Å². The van der Waals surface area contributed by atoms with E-state index in [2.05, 4.69) is 84.6 Å². The molecule has 6 nitrogen and oxygen atoms in total. The fraction of sp³-hybridized carbons (Fsp3) is 0.519. The van der Waals surface area contributed by atoms with E-state index < -0.39 is 0 Å². The van der Waals surface area contributed by atoms with Gasteiger partial charge in [-0.25, -0.2) is 4.79 Å². The molecular weight excluding hydrogens is 410 g/mol. The summed E-state index contributed by atoms with van der Waals surface area (Å²) in [5.41, 5.74) is 6.35. The maximum atomic E-state index is 12.9. The molecule has 1 aliphatic carbocycles. The van der Waals surface area contributed by atoms with Gasteiger partial charge in [0.1, 0.15) is 0 Å². The van der Waals surface area contributed by atoms with E-state index in [0.29, 0.717) is 5.92 Å². The number of H-pyrrole nitrogens is 1. The summed E-state index contributed by atoms with van der Waals surface area (Å²) in [5, 5.41) is 3.64. The molecule has 6 heteroatoms. The quantitative estimate of drug-likeness (QED) is 0.462. The fourth-order valence-electron chi connectivity index (χ4n) is 5.02. The SMILES string of the molecule is Cc1ccccc1Nc1cc2[nH]c(=O)n(CC3CCCCC3)c2cc1N(C)CCCN(C)C. The zero-order chi connectivity index (χ0) is 23.4. The van der Waals surface area contributed by atoms with Crippen molar-refractivity contribution in [2.24, 2.45) is 5.92 Å². The lowest BCUT2D eigenvalue weighted by Gasteiger charge is -2.25. The number of hydrogen-bond donors (Lipinski definition) is 2. The number of anilines is 3. The van der Waals surface area contributed by atoms with Gasteiger partial charge in [0.25, 0.3) is 0 Å². The maximum Gasteiger partial charge on any atom is 0.326 e.